The molecule has 2 rings (SSSR count). The highest BCUT2D eigenvalue weighted by Crippen LogP contribution is 2.27. The molecule has 0 aliphatic heterocycles. The molecule has 0 amide bonds. The number of hydrogen-bond donors (Lipinski definition) is 1. The maximum atomic E-state index is 9.12. The Morgan fingerprint density at radius 3 is 2.57 bits per heavy atom. The third-order valence-electron chi connectivity index (χ3n) is 3.57. The molecule has 0 saturated heterocycles. The van der Waals surface area contributed by atoms with Gasteiger partial charge in [-0.25, -0.2) is 0 Å². The van der Waals surface area contributed by atoms with Gasteiger partial charge in [-0.15, -0.1) is 0 Å². The Labute approximate surface area is 126 Å². The number of hydrogen-bond acceptors (Lipinski definition) is 3. The summed E-state index contributed by atoms with van der Waals surface area (Å²) in [5, 5.41) is 12.4. The summed E-state index contributed by atoms with van der Waals surface area (Å²) in [6, 6.07) is 18.0. The lowest BCUT2D eigenvalue weighted by Gasteiger charge is -2.19. The molecule has 0 fully saturated rings. The molecule has 0 aromatic heterocycles. The van der Waals surface area contributed by atoms with Gasteiger partial charge in [0, 0.05) is 17.2 Å². The van der Waals surface area contributed by atoms with E-state index < -0.39 is 0 Å². The van der Waals surface area contributed by atoms with E-state index in [4.69, 9.17) is 10.00 Å². The first-order chi connectivity index (χ1) is 10.3. The first-order valence-corrected chi connectivity index (χ1v) is 7.17. The molecule has 0 spiro atoms. The normalized spacial score (nSPS) is 11.7. The number of para-hydroxylation sites is 1. The van der Waals surface area contributed by atoms with Crippen LogP contribution in [0.3, 0.4) is 0 Å². The Morgan fingerprint density at radius 1 is 1.14 bits per heavy atom. The molecule has 0 saturated carbocycles. The summed E-state index contributed by atoms with van der Waals surface area (Å²) in [7, 11) is 1.95. The second kappa shape index (κ2) is 7.47. The average Bonchev–Trinajstić information content (AvgIpc) is 2.55. The van der Waals surface area contributed by atoms with Crippen molar-refractivity contribution in [1.29, 1.82) is 5.26 Å². The summed E-state index contributed by atoms with van der Waals surface area (Å²) in [6.07, 6.45) is 0.992. The van der Waals surface area contributed by atoms with Gasteiger partial charge in [-0.1, -0.05) is 43.3 Å². The minimum Gasteiger partial charge on any atom is -0.489 e. The number of nitrogens with zero attached hydrogens (tertiary/aromatic N) is 1. The van der Waals surface area contributed by atoms with E-state index >= 15 is 0 Å². The highest BCUT2D eigenvalue weighted by Gasteiger charge is 2.12. The maximum absolute atomic E-state index is 9.12. The zero-order valence-corrected chi connectivity index (χ0v) is 12.5. The smallest absolute Gasteiger partial charge is 0.124 e. The minimum atomic E-state index is 0.271. The van der Waals surface area contributed by atoms with Gasteiger partial charge in [-0.05, 0) is 25.6 Å². The first kappa shape index (κ1) is 15.1. The summed E-state index contributed by atoms with van der Waals surface area (Å²) < 4.78 is 5.96. The van der Waals surface area contributed by atoms with Crippen molar-refractivity contribution in [3.63, 3.8) is 0 Å². The summed E-state index contributed by atoms with van der Waals surface area (Å²) in [5.74, 6) is 0.867. The van der Waals surface area contributed by atoms with Gasteiger partial charge in [-0.2, -0.15) is 5.26 Å². The standard InChI is InChI=1S/C18H20N2O/c1-3-17(20-2)16-10-6-7-11-18(16)21-13-15-9-5-4-8-14(15)12-19/h4-11,17,20H,3,13H2,1-2H3. The van der Waals surface area contributed by atoms with Crippen LogP contribution in [0.25, 0.3) is 0 Å². The molecule has 1 atom stereocenters. The molecule has 1 unspecified atom stereocenters. The predicted molar refractivity (Wildman–Crippen MR) is 84.0 cm³/mol. The molecule has 1 N–H and O–H groups in total. The van der Waals surface area contributed by atoms with Gasteiger partial charge < -0.3 is 10.1 Å². The maximum Gasteiger partial charge on any atom is 0.124 e. The van der Waals surface area contributed by atoms with Crippen molar-refractivity contribution in [3.8, 4) is 11.8 Å². The van der Waals surface area contributed by atoms with Crippen LogP contribution in [-0.4, -0.2) is 7.05 Å². The number of benzene rings is 2. The zero-order chi connectivity index (χ0) is 15.1. The quantitative estimate of drug-likeness (QED) is 0.875. The van der Waals surface area contributed by atoms with Crippen LogP contribution in [0.4, 0.5) is 0 Å². The van der Waals surface area contributed by atoms with Crippen LogP contribution in [0, 0.1) is 11.3 Å². The van der Waals surface area contributed by atoms with Crippen LogP contribution in [-0.2, 0) is 6.61 Å². The van der Waals surface area contributed by atoms with Crippen molar-refractivity contribution >= 4 is 0 Å². The topological polar surface area (TPSA) is 45.0 Å². The summed E-state index contributed by atoms with van der Waals surface area (Å²) in [6.45, 7) is 2.55. The molecule has 21 heavy (non-hydrogen) atoms. The van der Waals surface area contributed by atoms with Gasteiger partial charge in [0.2, 0.25) is 0 Å². The Bertz CT molecular complexity index is 627. The molecule has 0 aliphatic rings. The second-order valence-corrected chi connectivity index (χ2v) is 4.84. The van der Waals surface area contributed by atoms with Crippen LogP contribution in [0.15, 0.2) is 48.5 Å². The first-order valence-electron chi connectivity index (χ1n) is 7.17. The van der Waals surface area contributed by atoms with Crippen LogP contribution in [0.2, 0.25) is 0 Å². The highest BCUT2D eigenvalue weighted by molar-refractivity contribution is 5.39. The van der Waals surface area contributed by atoms with Gasteiger partial charge >= 0.3 is 0 Å². The van der Waals surface area contributed by atoms with Crippen molar-refractivity contribution in [2.75, 3.05) is 7.05 Å². The highest BCUT2D eigenvalue weighted by atomic mass is 16.5. The van der Waals surface area contributed by atoms with E-state index in [9.17, 15) is 0 Å². The van der Waals surface area contributed by atoms with Crippen molar-refractivity contribution in [1.82, 2.24) is 5.32 Å². The van der Waals surface area contributed by atoms with E-state index in [0.717, 1.165) is 23.3 Å². The van der Waals surface area contributed by atoms with Crippen LogP contribution in [0.5, 0.6) is 5.75 Å². The SMILES string of the molecule is CCC(NC)c1ccccc1OCc1ccccc1C#N. The zero-order valence-electron chi connectivity index (χ0n) is 12.5. The van der Waals surface area contributed by atoms with E-state index in [-0.39, 0.29) is 6.04 Å². The lowest BCUT2D eigenvalue weighted by atomic mass is 10.0. The van der Waals surface area contributed by atoms with Gasteiger partial charge in [0.1, 0.15) is 12.4 Å². The van der Waals surface area contributed by atoms with E-state index in [1.54, 1.807) is 0 Å². The van der Waals surface area contributed by atoms with Crippen LogP contribution < -0.4 is 10.1 Å². The van der Waals surface area contributed by atoms with Crippen molar-refractivity contribution in [2.24, 2.45) is 0 Å². The number of nitrogens with one attached hydrogen (secondary N) is 1. The Kier molecular flexibility index (Phi) is 5.36. The number of nitriles is 1. The third kappa shape index (κ3) is 3.62. The lowest BCUT2D eigenvalue weighted by Crippen LogP contribution is -2.16. The Hall–Kier alpha value is -2.31. The summed E-state index contributed by atoms with van der Waals surface area (Å²) >= 11 is 0. The monoisotopic (exact) mass is 280 g/mol. The number of rotatable bonds is 6. The van der Waals surface area contributed by atoms with Gasteiger partial charge in [-0.3, -0.25) is 0 Å². The molecule has 3 heteroatoms. The molecule has 0 bridgehead atoms. The largest absolute Gasteiger partial charge is 0.489 e. The molecule has 2 aromatic carbocycles. The van der Waals surface area contributed by atoms with E-state index in [0.29, 0.717) is 12.2 Å². The van der Waals surface area contributed by atoms with Crippen LogP contribution >= 0.6 is 0 Å². The lowest BCUT2D eigenvalue weighted by molar-refractivity contribution is 0.299. The molecular weight excluding hydrogens is 260 g/mol. The molecule has 2 aromatic rings. The van der Waals surface area contributed by atoms with Crippen LogP contribution in [0.1, 0.15) is 36.1 Å². The van der Waals surface area contributed by atoms with Gasteiger partial charge in [0.05, 0.1) is 11.6 Å². The second-order valence-electron chi connectivity index (χ2n) is 4.84. The van der Waals surface area contributed by atoms with E-state index in [1.165, 1.54) is 0 Å². The fraction of sp³-hybridized carbons (Fsp3) is 0.278. The van der Waals surface area contributed by atoms with Gasteiger partial charge in [0.25, 0.3) is 0 Å². The predicted octanol–water partition coefficient (Wildman–Crippen LogP) is 3.81. The van der Waals surface area contributed by atoms with Crippen molar-refractivity contribution < 1.29 is 4.74 Å². The number of ether oxygens (including phenoxy) is 1. The Morgan fingerprint density at radius 2 is 1.86 bits per heavy atom. The molecule has 108 valence electrons. The average molecular weight is 280 g/mol. The molecule has 0 aliphatic carbocycles. The molecule has 0 radical (unpaired) electrons. The summed E-state index contributed by atoms with van der Waals surface area (Å²) in [5.41, 5.74) is 2.72. The third-order valence-corrected chi connectivity index (χ3v) is 3.57. The molecular formula is C18H20N2O. The fourth-order valence-corrected chi connectivity index (χ4v) is 2.39. The van der Waals surface area contributed by atoms with E-state index in [1.807, 2.05) is 49.5 Å². The van der Waals surface area contributed by atoms with E-state index in [2.05, 4.69) is 24.4 Å². The summed E-state index contributed by atoms with van der Waals surface area (Å²) in [4.78, 5) is 0. The fourth-order valence-electron chi connectivity index (χ4n) is 2.39. The van der Waals surface area contributed by atoms with Gasteiger partial charge in [0.15, 0.2) is 0 Å². The van der Waals surface area contributed by atoms with Crippen molar-refractivity contribution in [3.05, 3.63) is 65.2 Å². The molecule has 0 heterocycles. The van der Waals surface area contributed by atoms with Crippen molar-refractivity contribution in [2.45, 2.75) is 26.0 Å². The molecule has 3 nitrogen and oxygen atoms in total. The minimum absolute atomic E-state index is 0.271. The Balaban J connectivity index is 2.19.